The third-order valence-electron chi connectivity index (χ3n) is 8.64. The van der Waals surface area contributed by atoms with Gasteiger partial charge in [0.1, 0.15) is 11.6 Å². The van der Waals surface area contributed by atoms with Crippen molar-refractivity contribution in [2.45, 2.75) is 58.2 Å². The predicted octanol–water partition coefficient (Wildman–Crippen LogP) is 4.43. The standard InChI is InChI=1S/C31H42N6O3/c1-21-4-7-25(8-5-21)32-19-24-18-23(6-11-28(24)38-3)27-10-9-26-29(33-27)34-31(37-14-17-40-20-22(37)2)35-30(26)36-12-15-39-16-13-36/h6,9-11,18,21-22,25,32H,4-5,7-8,12-17,19-20H2,1-3H3/t21?,22-,25?/m0/s1. The molecule has 1 aliphatic carbocycles. The lowest BCUT2D eigenvalue weighted by Gasteiger charge is -2.34. The molecule has 3 aromatic rings. The molecular formula is C31H42N6O3. The molecule has 6 rings (SSSR count). The summed E-state index contributed by atoms with van der Waals surface area (Å²) in [5.41, 5.74) is 3.83. The maximum absolute atomic E-state index is 5.73. The van der Waals surface area contributed by atoms with Crippen LogP contribution in [0.1, 0.15) is 45.1 Å². The van der Waals surface area contributed by atoms with Gasteiger partial charge in [0.05, 0.1) is 50.7 Å². The highest BCUT2D eigenvalue weighted by atomic mass is 16.5. The first kappa shape index (κ1) is 27.2. The summed E-state index contributed by atoms with van der Waals surface area (Å²) in [6, 6.07) is 11.3. The van der Waals surface area contributed by atoms with E-state index < -0.39 is 0 Å². The summed E-state index contributed by atoms with van der Waals surface area (Å²) in [5.74, 6) is 3.40. The summed E-state index contributed by atoms with van der Waals surface area (Å²) in [6.07, 6.45) is 5.08. The molecule has 0 bridgehead atoms. The number of benzene rings is 1. The van der Waals surface area contributed by atoms with Crippen molar-refractivity contribution in [2.75, 3.05) is 63.0 Å². The molecule has 1 atom stereocenters. The minimum atomic E-state index is 0.205. The Morgan fingerprint density at radius 1 is 0.925 bits per heavy atom. The highest BCUT2D eigenvalue weighted by Gasteiger charge is 2.25. The van der Waals surface area contributed by atoms with Gasteiger partial charge in [0.2, 0.25) is 5.95 Å². The first-order valence-electron chi connectivity index (χ1n) is 14.9. The molecule has 3 fully saturated rings. The molecule has 2 aliphatic heterocycles. The van der Waals surface area contributed by atoms with E-state index in [1.54, 1.807) is 7.11 Å². The molecule has 2 saturated heterocycles. The third-order valence-corrected chi connectivity index (χ3v) is 8.64. The van der Waals surface area contributed by atoms with Crippen LogP contribution in [0, 0.1) is 5.92 Å². The summed E-state index contributed by atoms with van der Waals surface area (Å²) in [4.78, 5) is 19.7. The molecule has 3 aliphatic rings. The minimum absolute atomic E-state index is 0.205. The number of nitrogens with zero attached hydrogens (tertiary/aromatic N) is 5. The fraction of sp³-hybridized carbons (Fsp3) is 0.581. The molecule has 1 N–H and O–H groups in total. The Labute approximate surface area is 237 Å². The Bertz CT molecular complexity index is 1310. The summed E-state index contributed by atoms with van der Waals surface area (Å²) in [5, 5.41) is 4.75. The highest BCUT2D eigenvalue weighted by molar-refractivity contribution is 5.90. The fourth-order valence-electron chi connectivity index (χ4n) is 6.11. The van der Waals surface area contributed by atoms with E-state index >= 15 is 0 Å². The molecule has 0 unspecified atom stereocenters. The van der Waals surface area contributed by atoms with Gasteiger partial charge in [-0.15, -0.1) is 0 Å². The summed E-state index contributed by atoms with van der Waals surface area (Å²) in [6.45, 7) is 10.4. The second kappa shape index (κ2) is 12.2. The average molecular weight is 547 g/mol. The largest absolute Gasteiger partial charge is 0.496 e. The maximum atomic E-state index is 5.73. The summed E-state index contributed by atoms with van der Waals surface area (Å²) >= 11 is 0. The zero-order chi connectivity index (χ0) is 27.5. The van der Waals surface area contributed by atoms with Gasteiger partial charge in [-0.3, -0.25) is 0 Å². The van der Waals surface area contributed by atoms with E-state index in [1.807, 2.05) is 0 Å². The molecule has 0 spiro atoms. The van der Waals surface area contributed by atoms with Gasteiger partial charge in [0, 0.05) is 43.3 Å². The van der Waals surface area contributed by atoms with Crippen LogP contribution >= 0.6 is 0 Å². The number of aromatic nitrogens is 3. The first-order valence-corrected chi connectivity index (χ1v) is 14.9. The van der Waals surface area contributed by atoms with Crippen LogP contribution in [-0.4, -0.2) is 80.2 Å². The van der Waals surface area contributed by atoms with Crippen LogP contribution < -0.4 is 19.9 Å². The molecule has 40 heavy (non-hydrogen) atoms. The zero-order valence-electron chi connectivity index (χ0n) is 24.1. The van der Waals surface area contributed by atoms with E-state index in [0.29, 0.717) is 32.5 Å². The molecule has 0 amide bonds. The van der Waals surface area contributed by atoms with Gasteiger partial charge in [-0.05, 0) is 68.9 Å². The maximum Gasteiger partial charge on any atom is 0.229 e. The smallest absolute Gasteiger partial charge is 0.229 e. The number of fused-ring (bicyclic) bond motifs is 1. The van der Waals surface area contributed by atoms with E-state index in [9.17, 15) is 0 Å². The monoisotopic (exact) mass is 546 g/mol. The van der Waals surface area contributed by atoms with Crippen LogP contribution in [0.15, 0.2) is 30.3 Å². The zero-order valence-corrected chi connectivity index (χ0v) is 24.1. The van der Waals surface area contributed by atoms with Crippen LogP contribution in [0.25, 0.3) is 22.3 Å². The van der Waals surface area contributed by atoms with Crippen LogP contribution in [0.2, 0.25) is 0 Å². The Hall–Kier alpha value is -3.01. The van der Waals surface area contributed by atoms with Gasteiger partial charge in [0.25, 0.3) is 0 Å². The second-order valence-corrected chi connectivity index (χ2v) is 11.5. The van der Waals surface area contributed by atoms with Crippen molar-refractivity contribution in [3.8, 4) is 17.0 Å². The molecule has 1 saturated carbocycles. The molecule has 4 heterocycles. The van der Waals surface area contributed by atoms with E-state index in [-0.39, 0.29) is 6.04 Å². The molecule has 1 aromatic carbocycles. The lowest BCUT2D eigenvalue weighted by Crippen LogP contribution is -2.45. The number of nitrogens with one attached hydrogen (secondary N) is 1. The fourth-order valence-corrected chi connectivity index (χ4v) is 6.11. The number of morpholine rings is 2. The highest BCUT2D eigenvalue weighted by Crippen LogP contribution is 2.32. The first-order chi connectivity index (χ1) is 19.6. The van der Waals surface area contributed by atoms with Crippen molar-refractivity contribution in [3.63, 3.8) is 0 Å². The minimum Gasteiger partial charge on any atom is -0.496 e. The lowest BCUT2D eigenvalue weighted by atomic mass is 9.87. The summed E-state index contributed by atoms with van der Waals surface area (Å²) < 4.78 is 17.0. The van der Waals surface area contributed by atoms with Crippen molar-refractivity contribution in [2.24, 2.45) is 5.92 Å². The predicted molar refractivity (Wildman–Crippen MR) is 158 cm³/mol. The molecule has 0 radical (unpaired) electrons. The van der Waals surface area contributed by atoms with Crippen LogP contribution in [0.3, 0.4) is 0 Å². The number of ether oxygens (including phenoxy) is 3. The summed E-state index contributed by atoms with van der Waals surface area (Å²) in [7, 11) is 1.74. The van der Waals surface area contributed by atoms with Gasteiger partial charge >= 0.3 is 0 Å². The van der Waals surface area contributed by atoms with E-state index in [2.05, 4.69) is 59.3 Å². The Balaban J connectivity index is 1.33. The number of methoxy groups -OCH3 is 1. The van der Waals surface area contributed by atoms with Gasteiger partial charge in [-0.25, -0.2) is 4.98 Å². The van der Waals surface area contributed by atoms with Gasteiger partial charge in [0.15, 0.2) is 5.65 Å². The number of hydrogen-bond acceptors (Lipinski definition) is 9. The lowest BCUT2D eigenvalue weighted by molar-refractivity contribution is 0.0981. The van der Waals surface area contributed by atoms with E-state index in [0.717, 1.165) is 77.5 Å². The SMILES string of the molecule is COc1ccc(-c2ccc3c(N4CCOCC4)nc(N4CCOC[C@@H]4C)nc3n2)cc1CNC1CCC(C)CC1. The topological polar surface area (TPSA) is 84.9 Å². The molecule has 9 heteroatoms. The molecule has 9 nitrogen and oxygen atoms in total. The van der Waals surface area contributed by atoms with Gasteiger partial charge in [-0.2, -0.15) is 9.97 Å². The number of rotatable bonds is 7. The van der Waals surface area contributed by atoms with Crippen molar-refractivity contribution in [1.82, 2.24) is 20.3 Å². The normalized spacial score (nSPS) is 23.9. The third kappa shape index (κ3) is 5.87. The Morgan fingerprint density at radius 3 is 2.50 bits per heavy atom. The second-order valence-electron chi connectivity index (χ2n) is 11.5. The van der Waals surface area contributed by atoms with Crippen LogP contribution in [0.4, 0.5) is 11.8 Å². The number of pyridine rings is 1. The van der Waals surface area contributed by atoms with Crippen molar-refractivity contribution in [1.29, 1.82) is 0 Å². The average Bonchev–Trinajstić information content (AvgIpc) is 3.00. The van der Waals surface area contributed by atoms with Crippen molar-refractivity contribution in [3.05, 3.63) is 35.9 Å². The van der Waals surface area contributed by atoms with Crippen LogP contribution in [-0.2, 0) is 16.0 Å². The van der Waals surface area contributed by atoms with Crippen LogP contribution in [0.5, 0.6) is 5.75 Å². The van der Waals surface area contributed by atoms with Gasteiger partial charge in [-0.1, -0.05) is 6.92 Å². The number of anilines is 2. The Morgan fingerprint density at radius 2 is 1.73 bits per heavy atom. The molecule has 214 valence electrons. The molecule has 2 aromatic heterocycles. The van der Waals surface area contributed by atoms with Gasteiger partial charge < -0.3 is 29.3 Å². The quantitative estimate of drug-likeness (QED) is 0.463. The van der Waals surface area contributed by atoms with E-state index in [4.69, 9.17) is 29.2 Å². The van der Waals surface area contributed by atoms with Crippen molar-refractivity contribution < 1.29 is 14.2 Å². The number of hydrogen-bond donors (Lipinski definition) is 1. The van der Waals surface area contributed by atoms with E-state index in [1.165, 1.54) is 25.7 Å². The Kier molecular flexibility index (Phi) is 8.32. The molecular weight excluding hydrogens is 504 g/mol. The van der Waals surface area contributed by atoms with Crippen molar-refractivity contribution >= 4 is 22.8 Å².